The van der Waals surface area contributed by atoms with Gasteiger partial charge in [0.15, 0.2) is 14.1 Å². The fourth-order valence-corrected chi connectivity index (χ4v) is 5.05. The molecule has 32 heavy (non-hydrogen) atoms. The minimum Gasteiger partial charge on any atom is -0.481 e. The summed E-state index contributed by atoms with van der Waals surface area (Å²) < 4.78 is 6.23. The highest BCUT2D eigenvalue weighted by atomic mass is 28.4. The predicted octanol–water partition coefficient (Wildman–Crippen LogP) is 4.80. The Balaban J connectivity index is 2.09. The molecule has 6 nitrogen and oxygen atoms in total. The zero-order valence-corrected chi connectivity index (χ0v) is 21.1. The van der Waals surface area contributed by atoms with Gasteiger partial charge in [0.2, 0.25) is 5.91 Å². The van der Waals surface area contributed by atoms with Crippen LogP contribution in [-0.2, 0) is 25.4 Å². The second-order valence-corrected chi connectivity index (χ2v) is 15.1. The molecule has 3 atom stereocenters. The van der Waals surface area contributed by atoms with E-state index in [2.05, 4.69) is 33.9 Å². The summed E-state index contributed by atoms with van der Waals surface area (Å²) >= 11 is 0. The van der Waals surface area contributed by atoms with Crippen LogP contribution in [0.4, 0.5) is 0 Å². The number of allylic oxidation sites excluding steroid dienone is 1. The van der Waals surface area contributed by atoms with Crippen molar-refractivity contribution in [2.75, 3.05) is 0 Å². The van der Waals surface area contributed by atoms with Crippen LogP contribution in [0.3, 0.4) is 0 Å². The summed E-state index contributed by atoms with van der Waals surface area (Å²) in [4.78, 5) is 38.4. The number of hydrogen-bond donors (Lipinski definition) is 1. The summed E-state index contributed by atoms with van der Waals surface area (Å²) in [6.45, 7) is 12.9. The Labute approximate surface area is 192 Å². The first-order valence-corrected chi connectivity index (χ1v) is 14.1. The van der Waals surface area contributed by atoms with Crippen LogP contribution in [0.5, 0.6) is 0 Å². The summed E-state index contributed by atoms with van der Waals surface area (Å²) in [5, 5.41) is 9.22. The molecule has 1 heterocycles. The van der Waals surface area contributed by atoms with Crippen molar-refractivity contribution in [3.05, 3.63) is 48.0 Å². The number of carbonyl (C=O) groups excluding carboxylic acids is 2. The fraction of sp³-hybridized carbons (Fsp3) is 0.560. The zero-order chi connectivity index (χ0) is 24.1. The topological polar surface area (TPSA) is 83.9 Å². The van der Waals surface area contributed by atoms with E-state index in [0.29, 0.717) is 13.0 Å². The van der Waals surface area contributed by atoms with E-state index in [1.54, 1.807) is 6.08 Å². The van der Waals surface area contributed by atoms with Crippen molar-refractivity contribution in [3.63, 3.8) is 0 Å². The average Bonchev–Trinajstić information content (AvgIpc) is 2.91. The van der Waals surface area contributed by atoms with E-state index in [0.717, 1.165) is 5.56 Å². The summed E-state index contributed by atoms with van der Waals surface area (Å²) in [7, 11) is -2.22. The smallest absolute Gasteiger partial charge is 0.305 e. The molecule has 1 fully saturated rings. The summed E-state index contributed by atoms with van der Waals surface area (Å²) in [5.74, 6) is -0.974. The van der Waals surface area contributed by atoms with Crippen molar-refractivity contribution in [2.24, 2.45) is 5.92 Å². The Morgan fingerprint density at radius 1 is 1.22 bits per heavy atom. The molecule has 0 spiro atoms. The lowest BCUT2D eigenvalue weighted by atomic mass is 10.0. The van der Waals surface area contributed by atoms with E-state index in [4.69, 9.17) is 4.43 Å². The van der Waals surface area contributed by atoms with Crippen LogP contribution in [0.15, 0.2) is 42.5 Å². The lowest BCUT2D eigenvalue weighted by Gasteiger charge is -2.38. The first-order valence-electron chi connectivity index (χ1n) is 11.2. The number of hydrogen-bond acceptors (Lipinski definition) is 4. The third-order valence-electron chi connectivity index (χ3n) is 6.53. The number of carboxylic acid groups (broad SMARTS) is 1. The fourth-order valence-electron chi connectivity index (χ4n) is 3.70. The molecular formula is C25H37NO5Si. The molecule has 1 aromatic rings. The molecule has 1 saturated heterocycles. The standard InChI is InChI=1S/C25H37NO5Si/c1-18-14-23(28)26(17-19-10-8-7-9-11-19)22(18)13-12-20(27)15-21(16-24(29)30)31-32(5,6)25(2,3)4/h7-13,18,21-22H,14-17H2,1-6H3,(H,29,30)/b13-12+/t18?,21-,22?/m1/s1. The van der Waals surface area contributed by atoms with Crippen LogP contribution >= 0.6 is 0 Å². The van der Waals surface area contributed by atoms with Crippen LogP contribution in [0, 0.1) is 5.92 Å². The van der Waals surface area contributed by atoms with Crippen LogP contribution < -0.4 is 0 Å². The SMILES string of the molecule is CC1CC(=O)N(Cc2ccccc2)C1/C=C/C(=O)C[C@H](CC(=O)O)O[Si](C)(C)C(C)(C)C. The molecule has 1 aromatic carbocycles. The molecule has 1 amide bonds. The van der Waals surface area contributed by atoms with E-state index < -0.39 is 20.4 Å². The minimum atomic E-state index is -2.22. The van der Waals surface area contributed by atoms with Crippen LogP contribution in [0.25, 0.3) is 0 Å². The molecular weight excluding hydrogens is 422 g/mol. The molecule has 0 aliphatic carbocycles. The number of ketones is 1. The molecule has 1 aliphatic rings. The van der Waals surface area contributed by atoms with Crippen molar-refractivity contribution in [2.45, 2.75) is 83.8 Å². The highest BCUT2D eigenvalue weighted by molar-refractivity contribution is 6.74. The number of amides is 1. The van der Waals surface area contributed by atoms with E-state index in [9.17, 15) is 19.5 Å². The van der Waals surface area contributed by atoms with Gasteiger partial charge in [-0.15, -0.1) is 0 Å². The van der Waals surface area contributed by atoms with Gasteiger partial charge in [-0.05, 0) is 35.7 Å². The molecule has 7 heteroatoms. The van der Waals surface area contributed by atoms with Crippen molar-refractivity contribution in [3.8, 4) is 0 Å². The summed E-state index contributed by atoms with van der Waals surface area (Å²) in [5.41, 5.74) is 1.05. The van der Waals surface area contributed by atoms with Crippen LogP contribution in [-0.4, -0.2) is 48.1 Å². The summed E-state index contributed by atoms with van der Waals surface area (Å²) in [6.07, 6.45) is 2.90. The lowest BCUT2D eigenvalue weighted by molar-refractivity contribution is -0.139. The number of nitrogens with zero attached hydrogens (tertiary/aromatic N) is 1. The largest absolute Gasteiger partial charge is 0.481 e. The van der Waals surface area contributed by atoms with Gasteiger partial charge in [0.05, 0.1) is 18.6 Å². The van der Waals surface area contributed by atoms with E-state index in [-0.39, 0.29) is 41.5 Å². The Morgan fingerprint density at radius 3 is 2.41 bits per heavy atom. The molecule has 1 aliphatic heterocycles. The third kappa shape index (κ3) is 7.13. The zero-order valence-electron chi connectivity index (χ0n) is 20.1. The van der Waals surface area contributed by atoms with Crippen molar-refractivity contribution in [1.29, 1.82) is 0 Å². The van der Waals surface area contributed by atoms with Crippen LogP contribution in [0.1, 0.15) is 52.5 Å². The molecule has 176 valence electrons. The number of carbonyl (C=O) groups is 3. The monoisotopic (exact) mass is 459 g/mol. The maximum atomic E-state index is 12.7. The number of benzene rings is 1. The maximum absolute atomic E-state index is 12.7. The molecule has 1 N–H and O–H groups in total. The Bertz CT molecular complexity index is 844. The molecule has 2 unspecified atom stereocenters. The number of aliphatic carboxylic acids is 1. The average molecular weight is 460 g/mol. The van der Waals surface area contributed by atoms with Gasteiger partial charge >= 0.3 is 5.97 Å². The highest BCUT2D eigenvalue weighted by Gasteiger charge is 2.40. The maximum Gasteiger partial charge on any atom is 0.305 e. The van der Waals surface area contributed by atoms with Crippen molar-refractivity contribution >= 4 is 26.0 Å². The quantitative estimate of drug-likeness (QED) is 0.401. The van der Waals surface area contributed by atoms with E-state index in [1.807, 2.05) is 42.2 Å². The normalized spacial score (nSPS) is 20.7. The Kier molecular flexibility index (Phi) is 8.59. The van der Waals surface area contributed by atoms with Gasteiger partial charge in [-0.25, -0.2) is 0 Å². The van der Waals surface area contributed by atoms with E-state index >= 15 is 0 Å². The number of rotatable bonds is 10. The van der Waals surface area contributed by atoms with Gasteiger partial charge in [0, 0.05) is 19.4 Å². The summed E-state index contributed by atoms with van der Waals surface area (Å²) in [6, 6.07) is 9.63. The van der Waals surface area contributed by atoms with Gasteiger partial charge < -0.3 is 14.4 Å². The lowest BCUT2D eigenvalue weighted by Crippen LogP contribution is -2.44. The highest BCUT2D eigenvalue weighted by Crippen LogP contribution is 2.38. The number of likely N-dealkylation sites (tertiary alicyclic amines) is 1. The molecule has 0 bridgehead atoms. The van der Waals surface area contributed by atoms with Crippen molar-refractivity contribution in [1.82, 2.24) is 4.90 Å². The molecule has 2 rings (SSSR count). The first-order chi connectivity index (χ1) is 14.8. The van der Waals surface area contributed by atoms with E-state index in [1.165, 1.54) is 6.08 Å². The number of carboxylic acids is 1. The third-order valence-corrected chi connectivity index (χ3v) is 11.1. The second-order valence-electron chi connectivity index (χ2n) is 10.3. The predicted molar refractivity (Wildman–Crippen MR) is 128 cm³/mol. The van der Waals surface area contributed by atoms with Gasteiger partial charge in [0.25, 0.3) is 0 Å². The first kappa shape index (κ1) is 26.0. The van der Waals surface area contributed by atoms with Gasteiger partial charge in [-0.1, -0.05) is 64.1 Å². The van der Waals surface area contributed by atoms with Crippen LogP contribution in [0.2, 0.25) is 18.1 Å². The second kappa shape index (κ2) is 10.6. The Hall–Kier alpha value is -2.25. The van der Waals surface area contributed by atoms with Crippen molar-refractivity contribution < 1.29 is 23.9 Å². The molecule has 0 radical (unpaired) electrons. The molecule has 0 aromatic heterocycles. The van der Waals surface area contributed by atoms with Gasteiger partial charge in [-0.3, -0.25) is 14.4 Å². The van der Waals surface area contributed by atoms with Gasteiger partial charge in [0.1, 0.15) is 0 Å². The minimum absolute atomic E-state index is 0.0169. The Morgan fingerprint density at radius 2 is 1.84 bits per heavy atom. The van der Waals surface area contributed by atoms with Gasteiger partial charge in [-0.2, -0.15) is 0 Å². The molecule has 0 saturated carbocycles.